The first-order valence-electron chi connectivity index (χ1n) is 6.80. The van der Waals surface area contributed by atoms with E-state index in [1.54, 1.807) is 6.20 Å². The molecule has 1 saturated carbocycles. The molecule has 5 nitrogen and oxygen atoms in total. The topological polar surface area (TPSA) is 77.8 Å². The summed E-state index contributed by atoms with van der Waals surface area (Å²) in [4.78, 5) is 8.77. The molecular weight excluding hydrogens is 240 g/mol. The number of aromatic nitrogens is 3. The summed E-state index contributed by atoms with van der Waals surface area (Å²) < 4.78 is 5.47. The fourth-order valence-electron chi connectivity index (χ4n) is 2.77. The highest BCUT2D eigenvalue weighted by atomic mass is 16.5. The Kier molecular flexibility index (Phi) is 3.29. The Hall–Kier alpha value is -1.75. The molecule has 0 bridgehead atoms. The van der Waals surface area contributed by atoms with Crippen molar-refractivity contribution in [3.8, 4) is 11.5 Å². The van der Waals surface area contributed by atoms with Gasteiger partial charge in [-0.1, -0.05) is 30.5 Å². The van der Waals surface area contributed by atoms with Crippen LogP contribution in [0.2, 0.25) is 0 Å². The fraction of sp³-hybridized carbons (Fsp3) is 0.500. The van der Waals surface area contributed by atoms with Gasteiger partial charge in [-0.15, -0.1) is 0 Å². The molecule has 0 unspecified atom stereocenters. The van der Waals surface area contributed by atoms with Gasteiger partial charge in [-0.25, -0.2) is 0 Å². The smallest absolute Gasteiger partial charge is 0.234 e. The molecule has 0 saturated heterocycles. The molecule has 0 spiro atoms. The van der Waals surface area contributed by atoms with Crippen LogP contribution >= 0.6 is 0 Å². The number of hydrogen-bond acceptors (Lipinski definition) is 5. The molecule has 1 aliphatic rings. The highest BCUT2D eigenvalue weighted by Crippen LogP contribution is 2.38. The van der Waals surface area contributed by atoms with Crippen molar-refractivity contribution in [1.82, 2.24) is 15.1 Å². The molecule has 0 atom stereocenters. The second-order valence-corrected chi connectivity index (χ2v) is 5.18. The van der Waals surface area contributed by atoms with Gasteiger partial charge in [-0.2, -0.15) is 4.98 Å². The molecular formula is C14H18N4O. The maximum Gasteiger partial charge on any atom is 0.234 e. The first-order valence-corrected chi connectivity index (χ1v) is 6.80. The van der Waals surface area contributed by atoms with E-state index in [9.17, 15) is 0 Å². The molecule has 1 fully saturated rings. The van der Waals surface area contributed by atoms with E-state index in [0.717, 1.165) is 18.5 Å². The zero-order valence-corrected chi connectivity index (χ0v) is 10.9. The van der Waals surface area contributed by atoms with Crippen molar-refractivity contribution < 1.29 is 4.52 Å². The Morgan fingerprint density at radius 1 is 1.21 bits per heavy atom. The van der Waals surface area contributed by atoms with Crippen LogP contribution in [0.3, 0.4) is 0 Å². The number of nitrogens with zero attached hydrogens (tertiary/aromatic N) is 3. The minimum Gasteiger partial charge on any atom is -0.338 e. The van der Waals surface area contributed by atoms with Crippen LogP contribution in [0.25, 0.3) is 11.5 Å². The summed E-state index contributed by atoms with van der Waals surface area (Å²) in [6.07, 6.45) is 7.42. The van der Waals surface area contributed by atoms with Crippen molar-refractivity contribution in [3.63, 3.8) is 0 Å². The zero-order chi connectivity index (χ0) is 13.1. The van der Waals surface area contributed by atoms with Crippen molar-refractivity contribution in [3.05, 3.63) is 30.3 Å². The van der Waals surface area contributed by atoms with Gasteiger partial charge >= 0.3 is 0 Å². The SMILES string of the molecule is NCC1(c2nc(-c3ccccn3)no2)CCCCC1. The summed E-state index contributed by atoms with van der Waals surface area (Å²) >= 11 is 0. The lowest BCUT2D eigenvalue weighted by molar-refractivity contribution is 0.220. The Balaban J connectivity index is 1.92. The molecule has 0 radical (unpaired) electrons. The van der Waals surface area contributed by atoms with Gasteiger partial charge in [-0.05, 0) is 25.0 Å². The van der Waals surface area contributed by atoms with Gasteiger partial charge in [-0.3, -0.25) is 4.98 Å². The third-order valence-electron chi connectivity index (χ3n) is 3.98. The molecule has 0 aromatic carbocycles. The van der Waals surface area contributed by atoms with Crippen molar-refractivity contribution in [2.75, 3.05) is 6.54 Å². The fourth-order valence-corrected chi connectivity index (χ4v) is 2.77. The van der Waals surface area contributed by atoms with Crippen LogP contribution in [0.5, 0.6) is 0 Å². The van der Waals surface area contributed by atoms with Crippen molar-refractivity contribution in [2.24, 2.45) is 5.73 Å². The quantitative estimate of drug-likeness (QED) is 0.913. The van der Waals surface area contributed by atoms with Crippen LogP contribution in [-0.2, 0) is 5.41 Å². The van der Waals surface area contributed by atoms with Crippen LogP contribution in [0.15, 0.2) is 28.9 Å². The Morgan fingerprint density at radius 2 is 2.05 bits per heavy atom. The number of hydrogen-bond donors (Lipinski definition) is 1. The lowest BCUT2D eigenvalue weighted by Crippen LogP contribution is -2.37. The zero-order valence-electron chi connectivity index (χ0n) is 10.9. The predicted molar refractivity (Wildman–Crippen MR) is 71.3 cm³/mol. The lowest BCUT2D eigenvalue weighted by Gasteiger charge is -2.32. The summed E-state index contributed by atoms with van der Waals surface area (Å²) in [5, 5.41) is 4.05. The second kappa shape index (κ2) is 5.09. The summed E-state index contributed by atoms with van der Waals surface area (Å²) in [6, 6.07) is 5.66. The van der Waals surface area contributed by atoms with Gasteiger partial charge < -0.3 is 10.3 Å². The molecule has 19 heavy (non-hydrogen) atoms. The van der Waals surface area contributed by atoms with Crippen molar-refractivity contribution >= 4 is 0 Å². The van der Waals surface area contributed by atoms with Crippen LogP contribution < -0.4 is 5.73 Å². The highest BCUT2D eigenvalue weighted by Gasteiger charge is 2.38. The van der Waals surface area contributed by atoms with Crippen LogP contribution in [0.1, 0.15) is 38.0 Å². The largest absolute Gasteiger partial charge is 0.338 e. The molecule has 0 aliphatic heterocycles. The Labute approximate surface area is 112 Å². The molecule has 2 aromatic rings. The molecule has 0 amide bonds. The van der Waals surface area contributed by atoms with Gasteiger partial charge in [0.25, 0.3) is 0 Å². The normalized spacial score (nSPS) is 18.4. The third kappa shape index (κ3) is 2.26. The average molecular weight is 258 g/mol. The van der Waals surface area contributed by atoms with E-state index in [4.69, 9.17) is 10.3 Å². The minimum absolute atomic E-state index is 0.127. The molecule has 1 aliphatic carbocycles. The third-order valence-corrected chi connectivity index (χ3v) is 3.98. The van der Waals surface area contributed by atoms with Crippen molar-refractivity contribution in [1.29, 1.82) is 0 Å². The lowest BCUT2D eigenvalue weighted by atomic mass is 9.74. The summed E-state index contributed by atoms with van der Waals surface area (Å²) in [6.45, 7) is 0.566. The predicted octanol–water partition coefficient (Wildman–Crippen LogP) is 2.29. The van der Waals surface area contributed by atoms with Crippen LogP contribution in [-0.4, -0.2) is 21.7 Å². The first-order chi connectivity index (χ1) is 9.34. The van der Waals surface area contributed by atoms with E-state index in [2.05, 4.69) is 15.1 Å². The van der Waals surface area contributed by atoms with E-state index in [-0.39, 0.29) is 5.41 Å². The molecule has 5 heteroatoms. The maximum atomic E-state index is 5.97. The van der Waals surface area contributed by atoms with Crippen molar-refractivity contribution in [2.45, 2.75) is 37.5 Å². The van der Waals surface area contributed by atoms with Gasteiger partial charge in [0.15, 0.2) is 0 Å². The Bertz CT molecular complexity index is 531. The van der Waals surface area contributed by atoms with Gasteiger partial charge in [0.05, 0.1) is 5.41 Å². The molecule has 2 N–H and O–H groups in total. The van der Waals surface area contributed by atoms with E-state index in [0.29, 0.717) is 18.3 Å². The highest BCUT2D eigenvalue weighted by molar-refractivity contribution is 5.47. The summed E-state index contributed by atoms with van der Waals surface area (Å²) in [7, 11) is 0. The van der Waals surface area contributed by atoms with E-state index >= 15 is 0 Å². The van der Waals surface area contributed by atoms with E-state index < -0.39 is 0 Å². The average Bonchev–Trinajstić information content (AvgIpc) is 2.99. The summed E-state index contributed by atoms with van der Waals surface area (Å²) in [5.41, 5.74) is 6.58. The standard InChI is InChI=1S/C14H18N4O/c15-10-14(7-3-1-4-8-14)13-17-12(18-19-13)11-6-2-5-9-16-11/h2,5-6,9H,1,3-4,7-8,10,15H2. The van der Waals surface area contributed by atoms with Gasteiger partial charge in [0.1, 0.15) is 5.69 Å². The number of rotatable bonds is 3. The van der Waals surface area contributed by atoms with E-state index in [1.807, 2.05) is 18.2 Å². The maximum absolute atomic E-state index is 5.97. The van der Waals surface area contributed by atoms with Crippen LogP contribution in [0.4, 0.5) is 0 Å². The van der Waals surface area contributed by atoms with E-state index in [1.165, 1.54) is 19.3 Å². The molecule has 3 rings (SSSR count). The minimum atomic E-state index is -0.127. The first kappa shape index (κ1) is 12.3. The van der Waals surface area contributed by atoms with Gasteiger partial charge in [0.2, 0.25) is 11.7 Å². The van der Waals surface area contributed by atoms with Gasteiger partial charge in [0, 0.05) is 12.7 Å². The molecule has 2 heterocycles. The molecule has 100 valence electrons. The number of nitrogens with two attached hydrogens (primary N) is 1. The molecule has 2 aromatic heterocycles. The monoisotopic (exact) mass is 258 g/mol. The van der Waals surface area contributed by atoms with Crippen LogP contribution in [0, 0.1) is 0 Å². The number of pyridine rings is 1. The second-order valence-electron chi connectivity index (χ2n) is 5.18. The Morgan fingerprint density at radius 3 is 2.74 bits per heavy atom. The summed E-state index contributed by atoms with van der Waals surface area (Å²) in [5.74, 6) is 1.23.